The topological polar surface area (TPSA) is 0 Å². The number of rotatable bonds is 3. The van der Waals surface area contributed by atoms with Crippen LogP contribution in [-0.2, 0) is 0 Å². The molecule has 1 heteroatoms. The van der Waals surface area contributed by atoms with Gasteiger partial charge in [-0.25, -0.2) is 0 Å². The number of hydrogen-bond acceptors (Lipinski definition) is 0. The molecule has 0 heterocycles. The fraction of sp³-hybridized carbons (Fsp3) is 0.0526. The van der Waals surface area contributed by atoms with Crippen LogP contribution in [0.5, 0.6) is 0 Å². The van der Waals surface area contributed by atoms with Gasteiger partial charge in [-0.1, -0.05) is 107 Å². The molecule has 0 N–H and O–H groups in total. The molecule has 0 bridgehead atoms. The first-order chi connectivity index (χ1) is 9.84. The van der Waals surface area contributed by atoms with Crippen LogP contribution in [0.3, 0.4) is 0 Å². The van der Waals surface area contributed by atoms with E-state index >= 15 is 0 Å². The Kier molecular flexibility index (Phi) is 3.69. The Morgan fingerprint density at radius 1 is 0.500 bits per heavy atom. The van der Waals surface area contributed by atoms with Crippen molar-refractivity contribution in [2.45, 2.75) is 6.92 Å². The highest BCUT2D eigenvalue weighted by atomic mass is 14.0. The van der Waals surface area contributed by atoms with Gasteiger partial charge in [0.25, 0.3) is 0 Å². The quantitative estimate of drug-likeness (QED) is 0.632. The Bertz CT molecular complexity index is 618. The molecular formula is C19H17B. The van der Waals surface area contributed by atoms with Gasteiger partial charge in [-0.05, 0) is 6.92 Å². The molecule has 3 rings (SSSR count). The molecule has 0 aliphatic rings. The van der Waals surface area contributed by atoms with Crippen molar-refractivity contribution in [2.24, 2.45) is 0 Å². The van der Waals surface area contributed by atoms with Gasteiger partial charge in [0.2, 0.25) is 6.71 Å². The van der Waals surface area contributed by atoms with Gasteiger partial charge in [-0.2, -0.15) is 0 Å². The summed E-state index contributed by atoms with van der Waals surface area (Å²) in [6.45, 7) is 2.43. The first-order valence-electron chi connectivity index (χ1n) is 7.01. The molecule has 0 radical (unpaired) electrons. The van der Waals surface area contributed by atoms with Crippen molar-refractivity contribution < 1.29 is 0 Å². The standard InChI is InChI=1S/C19H17B/c1-16-12-14-19(15-13-16)20(17-8-4-2-5-9-17)18-10-6-3-7-11-18/h2-15H,1H3. The fourth-order valence-corrected chi connectivity index (χ4v) is 2.63. The smallest absolute Gasteiger partial charge is 0.0687 e. The zero-order valence-corrected chi connectivity index (χ0v) is 11.7. The van der Waals surface area contributed by atoms with Crippen molar-refractivity contribution >= 4 is 23.1 Å². The molecule has 3 aromatic carbocycles. The average Bonchev–Trinajstić information content (AvgIpc) is 2.52. The van der Waals surface area contributed by atoms with E-state index in [-0.39, 0.29) is 0 Å². The van der Waals surface area contributed by atoms with E-state index in [0.29, 0.717) is 6.71 Å². The van der Waals surface area contributed by atoms with E-state index in [9.17, 15) is 0 Å². The maximum atomic E-state index is 2.24. The highest BCUT2D eigenvalue weighted by Gasteiger charge is 2.20. The Morgan fingerprint density at radius 3 is 1.35 bits per heavy atom. The van der Waals surface area contributed by atoms with E-state index in [1.807, 2.05) is 0 Å². The SMILES string of the molecule is Cc1ccc(B(c2ccccc2)c2ccccc2)cc1. The summed E-state index contributed by atoms with van der Waals surface area (Å²) in [6, 6.07) is 30.3. The third kappa shape index (κ3) is 2.67. The van der Waals surface area contributed by atoms with E-state index in [2.05, 4.69) is 91.9 Å². The second-order valence-electron chi connectivity index (χ2n) is 5.17. The van der Waals surface area contributed by atoms with Crippen LogP contribution < -0.4 is 16.4 Å². The first kappa shape index (κ1) is 12.7. The summed E-state index contributed by atoms with van der Waals surface area (Å²) in [5, 5.41) is 0. The van der Waals surface area contributed by atoms with Crippen LogP contribution in [0, 0.1) is 6.92 Å². The maximum absolute atomic E-state index is 2.24. The summed E-state index contributed by atoms with van der Waals surface area (Å²) in [7, 11) is 0. The van der Waals surface area contributed by atoms with Crippen molar-refractivity contribution in [3.63, 3.8) is 0 Å². The summed E-state index contributed by atoms with van der Waals surface area (Å²) in [5.41, 5.74) is 5.31. The highest BCUT2D eigenvalue weighted by Crippen LogP contribution is 1.98. The molecule has 3 aromatic rings. The molecule has 0 aromatic heterocycles. The predicted octanol–water partition coefficient (Wildman–Crippen LogP) is 2.51. The van der Waals surface area contributed by atoms with Crippen molar-refractivity contribution in [3.05, 3.63) is 90.5 Å². The molecule has 0 aliphatic carbocycles. The zero-order valence-electron chi connectivity index (χ0n) is 11.7. The normalized spacial score (nSPS) is 10.2. The second kappa shape index (κ2) is 5.79. The Hall–Kier alpha value is -2.28. The molecule has 96 valence electrons. The zero-order chi connectivity index (χ0) is 13.8. The fourth-order valence-electron chi connectivity index (χ4n) is 2.63. The van der Waals surface area contributed by atoms with Crippen LogP contribution in [0.2, 0.25) is 0 Å². The summed E-state index contributed by atoms with van der Waals surface area (Å²) in [5.74, 6) is 0. The van der Waals surface area contributed by atoms with E-state index in [1.54, 1.807) is 0 Å². The minimum Gasteiger partial charge on any atom is -0.0687 e. The number of aryl methyl sites for hydroxylation is 1. The van der Waals surface area contributed by atoms with Gasteiger partial charge in [-0.15, -0.1) is 0 Å². The van der Waals surface area contributed by atoms with Crippen molar-refractivity contribution in [1.29, 1.82) is 0 Å². The first-order valence-corrected chi connectivity index (χ1v) is 7.01. The molecule has 0 saturated carbocycles. The lowest BCUT2D eigenvalue weighted by Crippen LogP contribution is -2.51. The van der Waals surface area contributed by atoms with E-state index < -0.39 is 0 Å². The molecule has 0 atom stereocenters. The summed E-state index contributed by atoms with van der Waals surface area (Å²) in [4.78, 5) is 0. The molecule has 0 fully saturated rings. The lowest BCUT2D eigenvalue weighted by Gasteiger charge is -2.15. The minimum absolute atomic E-state index is 0.304. The van der Waals surface area contributed by atoms with Gasteiger partial charge in [0.15, 0.2) is 0 Å². The molecular weight excluding hydrogens is 239 g/mol. The monoisotopic (exact) mass is 256 g/mol. The van der Waals surface area contributed by atoms with Crippen molar-refractivity contribution in [1.82, 2.24) is 0 Å². The molecule has 20 heavy (non-hydrogen) atoms. The van der Waals surface area contributed by atoms with E-state index in [1.165, 1.54) is 22.0 Å². The van der Waals surface area contributed by atoms with Gasteiger partial charge in [0.05, 0.1) is 0 Å². The molecule has 0 saturated heterocycles. The molecule has 0 spiro atoms. The highest BCUT2D eigenvalue weighted by molar-refractivity contribution is 6.95. The Labute approximate surface area is 121 Å². The average molecular weight is 256 g/mol. The summed E-state index contributed by atoms with van der Waals surface area (Å²) >= 11 is 0. The van der Waals surface area contributed by atoms with Crippen LogP contribution in [0.1, 0.15) is 5.56 Å². The van der Waals surface area contributed by atoms with Crippen molar-refractivity contribution in [2.75, 3.05) is 0 Å². The largest absolute Gasteiger partial charge is 0.241 e. The number of hydrogen-bond donors (Lipinski definition) is 0. The van der Waals surface area contributed by atoms with Gasteiger partial charge >= 0.3 is 0 Å². The lowest BCUT2D eigenvalue weighted by atomic mass is 9.37. The predicted molar refractivity (Wildman–Crippen MR) is 88.7 cm³/mol. The number of benzene rings is 3. The minimum atomic E-state index is 0.304. The Balaban J connectivity index is 2.11. The third-order valence-corrected chi connectivity index (χ3v) is 3.68. The third-order valence-electron chi connectivity index (χ3n) is 3.68. The van der Waals surface area contributed by atoms with Gasteiger partial charge in [-0.3, -0.25) is 0 Å². The molecule has 0 amide bonds. The van der Waals surface area contributed by atoms with Crippen LogP contribution in [0.15, 0.2) is 84.9 Å². The van der Waals surface area contributed by atoms with Gasteiger partial charge in [0.1, 0.15) is 0 Å². The van der Waals surface area contributed by atoms with E-state index in [0.717, 1.165) is 0 Å². The summed E-state index contributed by atoms with van der Waals surface area (Å²) in [6.07, 6.45) is 0. The van der Waals surface area contributed by atoms with Crippen LogP contribution in [0.4, 0.5) is 0 Å². The lowest BCUT2D eigenvalue weighted by molar-refractivity contribution is 1.49. The van der Waals surface area contributed by atoms with Gasteiger partial charge in [0, 0.05) is 0 Å². The maximum Gasteiger partial charge on any atom is 0.241 e. The Morgan fingerprint density at radius 2 is 0.900 bits per heavy atom. The van der Waals surface area contributed by atoms with E-state index in [4.69, 9.17) is 0 Å². The van der Waals surface area contributed by atoms with Crippen molar-refractivity contribution in [3.8, 4) is 0 Å². The van der Waals surface area contributed by atoms with Crippen LogP contribution in [-0.4, -0.2) is 6.71 Å². The second-order valence-corrected chi connectivity index (χ2v) is 5.17. The molecule has 0 aliphatic heterocycles. The van der Waals surface area contributed by atoms with Crippen LogP contribution in [0.25, 0.3) is 0 Å². The molecule has 0 nitrogen and oxygen atoms in total. The van der Waals surface area contributed by atoms with Crippen LogP contribution >= 0.6 is 0 Å². The molecule has 0 unspecified atom stereocenters. The summed E-state index contributed by atoms with van der Waals surface area (Å²) < 4.78 is 0. The van der Waals surface area contributed by atoms with Gasteiger partial charge < -0.3 is 0 Å².